The fourth-order valence-corrected chi connectivity index (χ4v) is 3.32. The first-order valence-corrected chi connectivity index (χ1v) is 7.38. The van der Waals surface area contributed by atoms with Crippen molar-refractivity contribution >= 4 is 0 Å². The van der Waals surface area contributed by atoms with E-state index in [1.54, 1.807) is 7.11 Å². The van der Waals surface area contributed by atoms with Gasteiger partial charge in [0.25, 0.3) is 0 Å². The molecule has 104 valence electrons. The van der Waals surface area contributed by atoms with Crippen LogP contribution in [0.3, 0.4) is 0 Å². The molecule has 2 unspecified atom stereocenters. The third kappa shape index (κ3) is 3.35. The summed E-state index contributed by atoms with van der Waals surface area (Å²) in [5.41, 5.74) is 2.67. The Kier molecular flexibility index (Phi) is 4.16. The average molecular weight is 260 g/mol. The summed E-state index contributed by atoms with van der Waals surface area (Å²) >= 11 is 0. The van der Waals surface area contributed by atoms with Crippen LogP contribution in [0.2, 0.25) is 0 Å². The van der Waals surface area contributed by atoms with Crippen LogP contribution in [-0.2, 0) is 17.9 Å². The molecule has 2 atom stereocenters. The summed E-state index contributed by atoms with van der Waals surface area (Å²) in [5, 5.41) is 3.74. The van der Waals surface area contributed by atoms with Gasteiger partial charge in [-0.25, -0.2) is 0 Å². The molecule has 0 aromatic heterocycles. The first kappa shape index (κ1) is 13.1. The molecule has 1 aromatic rings. The zero-order valence-electron chi connectivity index (χ0n) is 11.8. The molecule has 0 saturated carbocycles. The molecule has 1 N–H and O–H groups in total. The highest BCUT2D eigenvalue weighted by atomic mass is 16.5. The number of methoxy groups -OCH3 is 1. The van der Waals surface area contributed by atoms with Gasteiger partial charge in [0, 0.05) is 38.8 Å². The third-order valence-electron chi connectivity index (χ3n) is 4.35. The summed E-state index contributed by atoms with van der Waals surface area (Å²) in [6.07, 6.45) is 4.04. The number of fused-ring (bicyclic) bond motifs is 2. The zero-order chi connectivity index (χ0) is 13.1. The van der Waals surface area contributed by atoms with E-state index in [2.05, 4.69) is 34.5 Å². The maximum absolute atomic E-state index is 5.15. The van der Waals surface area contributed by atoms with E-state index in [0.29, 0.717) is 6.61 Å². The van der Waals surface area contributed by atoms with Crippen LogP contribution in [0.15, 0.2) is 24.3 Å². The standard InChI is InChI=1S/C16H24N2O/c1-19-12-14-4-2-13(3-5-14)10-18-9-8-15-6-7-16(11-18)17-15/h2-5,15-17H,6-12H2,1H3. The topological polar surface area (TPSA) is 24.5 Å². The Morgan fingerprint density at radius 1 is 1.11 bits per heavy atom. The van der Waals surface area contributed by atoms with Crippen LogP contribution < -0.4 is 5.32 Å². The van der Waals surface area contributed by atoms with Gasteiger partial charge in [0.05, 0.1) is 6.61 Å². The van der Waals surface area contributed by atoms with E-state index in [1.165, 1.54) is 43.5 Å². The van der Waals surface area contributed by atoms with Crippen molar-refractivity contribution in [2.24, 2.45) is 0 Å². The van der Waals surface area contributed by atoms with Crippen molar-refractivity contribution in [3.8, 4) is 0 Å². The lowest BCUT2D eigenvalue weighted by Gasteiger charge is -2.24. The molecule has 0 amide bonds. The third-order valence-corrected chi connectivity index (χ3v) is 4.35. The molecule has 3 nitrogen and oxygen atoms in total. The molecule has 2 aliphatic rings. The number of rotatable bonds is 4. The Hall–Kier alpha value is -0.900. The number of ether oxygens (including phenoxy) is 1. The van der Waals surface area contributed by atoms with Gasteiger partial charge in [-0.15, -0.1) is 0 Å². The van der Waals surface area contributed by atoms with Gasteiger partial charge < -0.3 is 10.1 Å². The molecule has 2 heterocycles. The number of hydrogen-bond donors (Lipinski definition) is 1. The van der Waals surface area contributed by atoms with Crippen molar-refractivity contribution < 1.29 is 4.74 Å². The molecule has 0 aliphatic carbocycles. The first-order chi connectivity index (χ1) is 9.33. The minimum absolute atomic E-state index is 0.706. The highest BCUT2D eigenvalue weighted by Gasteiger charge is 2.28. The predicted octanol–water partition coefficient (Wildman–Crippen LogP) is 2.16. The maximum atomic E-state index is 5.15. The van der Waals surface area contributed by atoms with E-state index >= 15 is 0 Å². The lowest BCUT2D eigenvalue weighted by molar-refractivity contribution is 0.185. The lowest BCUT2D eigenvalue weighted by Crippen LogP contribution is -2.34. The van der Waals surface area contributed by atoms with E-state index in [0.717, 1.165) is 18.6 Å². The Morgan fingerprint density at radius 3 is 2.63 bits per heavy atom. The minimum atomic E-state index is 0.706. The van der Waals surface area contributed by atoms with Gasteiger partial charge in [0.2, 0.25) is 0 Å². The van der Waals surface area contributed by atoms with Crippen molar-refractivity contribution in [2.45, 2.75) is 44.5 Å². The molecular weight excluding hydrogens is 236 g/mol. The van der Waals surface area contributed by atoms with Crippen LogP contribution in [0.25, 0.3) is 0 Å². The van der Waals surface area contributed by atoms with Crippen molar-refractivity contribution in [3.05, 3.63) is 35.4 Å². The SMILES string of the molecule is COCc1ccc(CN2CCC3CCC(C2)N3)cc1. The molecule has 1 aromatic carbocycles. The summed E-state index contributed by atoms with van der Waals surface area (Å²) < 4.78 is 5.15. The zero-order valence-corrected chi connectivity index (χ0v) is 11.8. The molecule has 2 aliphatic heterocycles. The molecule has 2 bridgehead atoms. The summed E-state index contributed by atoms with van der Waals surface area (Å²) in [6.45, 7) is 4.22. The van der Waals surface area contributed by atoms with E-state index in [4.69, 9.17) is 4.74 Å². The first-order valence-electron chi connectivity index (χ1n) is 7.38. The van der Waals surface area contributed by atoms with Crippen LogP contribution in [0, 0.1) is 0 Å². The molecule has 19 heavy (non-hydrogen) atoms. The number of hydrogen-bond acceptors (Lipinski definition) is 3. The summed E-state index contributed by atoms with van der Waals surface area (Å²) in [5.74, 6) is 0. The fourth-order valence-electron chi connectivity index (χ4n) is 3.32. The minimum Gasteiger partial charge on any atom is -0.380 e. The van der Waals surface area contributed by atoms with Crippen molar-refractivity contribution in [2.75, 3.05) is 20.2 Å². The second-order valence-corrected chi connectivity index (χ2v) is 5.91. The van der Waals surface area contributed by atoms with Gasteiger partial charge in [-0.3, -0.25) is 4.90 Å². The second kappa shape index (κ2) is 6.04. The summed E-state index contributed by atoms with van der Waals surface area (Å²) in [4.78, 5) is 2.60. The molecular formula is C16H24N2O. The molecule has 3 heteroatoms. The quantitative estimate of drug-likeness (QED) is 0.898. The van der Waals surface area contributed by atoms with Gasteiger partial charge in [-0.05, 0) is 30.4 Å². The average Bonchev–Trinajstić information content (AvgIpc) is 2.75. The van der Waals surface area contributed by atoms with Crippen LogP contribution in [-0.4, -0.2) is 37.2 Å². The lowest BCUT2D eigenvalue weighted by atomic mass is 10.1. The maximum Gasteiger partial charge on any atom is 0.0713 e. The Bertz CT molecular complexity index is 404. The smallest absolute Gasteiger partial charge is 0.0713 e. The Morgan fingerprint density at radius 2 is 1.84 bits per heavy atom. The van der Waals surface area contributed by atoms with Crippen molar-refractivity contribution in [1.82, 2.24) is 10.2 Å². The van der Waals surface area contributed by atoms with Crippen molar-refractivity contribution in [1.29, 1.82) is 0 Å². The highest BCUT2D eigenvalue weighted by Crippen LogP contribution is 2.21. The van der Waals surface area contributed by atoms with Gasteiger partial charge >= 0.3 is 0 Å². The molecule has 2 fully saturated rings. The van der Waals surface area contributed by atoms with E-state index < -0.39 is 0 Å². The number of benzene rings is 1. The largest absolute Gasteiger partial charge is 0.380 e. The predicted molar refractivity (Wildman–Crippen MR) is 77.0 cm³/mol. The van der Waals surface area contributed by atoms with Crippen LogP contribution >= 0.6 is 0 Å². The van der Waals surface area contributed by atoms with E-state index in [9.17, 15) is 0 Å². The monoisotopic (exact) mass is 260 g/mol. The highest BCUT2D eigenvalue weighted by molar-refractivity contribution is 5.22. The van der Waals surface area contributed by atoms with E-state index in [-0.39, 0.29) is 0 Å². The number of nitrogens with zero attached hydrogens (tertiary/aromatic N) is 1. The van der Waals surface area contributed by atoms with Crippen LogP contribution in [0.5, 0.6) is 0 Å². The van der Waals surface area contributed by atoms with Crippen LogP contribution in [0.1, 0.15) is 30.4 Å². The van der Waals surface area contributed by atoms with Gasteiger partial charge in [0.1, 0.15) is 0 Å². The van der Waals surface area contributed by atoms with Crippen molar-refractivity contribution in [3.63, 3.8) is 0 Å². The normalized spacial score (nSPS) is 27.4. The molecule has 0 spiro atoms. The Balaban J connectivity index is 1.58. The van der Waals surface area contributed by atoms with Crippen LogP contribution in [0.4, 0.5) is 0 Å². The van der Waals surface area contributed by atoms with Gasteiger partial charge in [-0.2, -0.15) is 0 Å². The summed E-state index contributed by atoms with van der Waals surface area (Å²) in [6, 6.07) is 10.3. The number of likely N-dealkylation sites (tertiary alicyclic amines) is 1. The molecule has 2 saturated heterocycles. The van der Waals surface area contributed by atoms with Gasteiger partial charge in [0.15, 0.2) is 0 Å². The van der Waals surface area contributed by atoms with Gasteiger partial charge in [-0.1, -0.05) is 24.3 Å². The fraction of sp³-hybridized carbons (Fsp3) is 0.625. The molecule has 0 radical (unpaired) electrons. The Labute approximate surface area is 115 Å². The second-order valence-electron chi connectivity index (χ2n) is 5.91. The number of nitrogens with one attached hydrogen (secondary N) is 1. The molecule has 3 rings (SSSR count). The summed E-state index contributed by atoms with van der Waals surface area (Å²) in [7, 11) is 1.74. The van der Waals surface area contributed by atoms with E-state index in [1.807, 2.05) is 0 Å².